The quantitative estimate of drug-likeness (QED) is 0.215. The van der Waals surface area contributed by atoms with Crippen molar-refractivity contribution in [2.75, 3.05) is 6.61 Å². The van der Waals surface area contributed by atoms with E-state index in [2.05, 4.69) is 4.74 Å². The Hall–Kier alpha value is -2.03. The van der Waals surface area contributed by atoms with Crippen LogP contribution in [0.25, 0.3) is 0 Å². The fraction of sp³-hybridized carbons (Fsp3) is 0.667. The first-order valence-corrected chi connectivity index (χ1v) is 9.74. The van der Waals surface area contributed by atoms with E-state index >= 15 is 0 Å². The molecule has 1 saturated heterocycles. The Balaban J connectivity index is 2.66. The van der Waals surface area contributed by atoms with E-state index in [0.29, 0.717) is 6.92 Å². The van der Waals surface area contributed by atoms with E-state index in [1.165, 1.54) is 12.8 Å². The minimum absolute atomic E-state index is 0.0285. The van der Waals surface area contributed by atoms with E-state index in [1.54, 1.807) is 19.8 Å². The average Bonchev–Trinajstić information content (AvgIpc) is 2.88. The summed E-state index contributed by atoms with van der Waals surface area (Å²) < 4.78 is 98.2. The number of esters is 1. The molecule has 1 spiro atoms. The fourth-order valence-electron chi connectivity index (χ4n) is 3.73. The Morgan fingerprint density at radius 2 is 1.78 bits per heavy atom. The number of carbonyl (C=O) groups excluding carboxylic acids is 1. The largest absolute Gasteiger partial charge is 0.463 e. The molecule has 4 atom stereocenters. The van der Waals surface area contributed by atoms with Gasteiger partial charge in [0.2, 0.25) is 0 Å². The van der Waals surface area contributed by atoms with Crippen LogP contribution in [0, 0.1) is 17.3 Å². The molecule has 5 nitrogen and oxygen atoms in total. The van der Waals surface area contributed by atoms with Crippen LogP contribution in [0.5, 0.6) is 0 Å². The molecule has 0 saturated carbocycles. The minimum atomic E-state index is -5.17. The van der Waals surface area contributed by atoms with Gasteiger partial charge in [0.15, 0.2) is 11.4 Å². The van der Waals surface area contributed by atoms with E-state index < -0.39 is 64.9 Å². The van der Waals surface area contributed by atoms with Gasteiger partial charge >= 0.3 is 18.3 Å². The Bertz CT molecular complexity index is 868. The monoisotopic (exact) mass is 470 g/mol. The maximum atomic E-state index is 14.2. The van der Waals surface area contributed by atoms with Gasteiger partial charge in [0.25, 0.3) is 0 Å². The Labute approximate surface area is 181 Å². The number of carbonyl (C=O) groups is 1. The summed E-state index contributed by atoms with van der Waals surface area (Å²) in [6.07, 6.45) is -11.2. The van der Waals surface area contributed by atoms with Gasteiger partial charge in [-0.2, -0.15) is 26.3 Å². The van der Waals surface area contributed by atoms with Gasteiger partial charge < -0.3 is 19.3 Å². The summed E-state index contributed by atoms with van der Waals surface area (Å²) in [5.41, 5.74) is -8.26. The molecule has 2 rings (SSSR count). The standard InChI is InChI=1S/C21H24F6O5/c1-6-30-16(28)9-15(20(22,23)24)7-8-19(29)12(2)10-18(31-13(3)14(4)32-18)11-17(19,5)21(25,26)27/h9-10,13-14,29H,6,11H2,1-5H3/b15-9+. The van der Waals surface area contributed by atoms with Crippen molar-refractivity contribution in [3.63, 3.8) is 0 Å². The second kappa shape index (κ2) is 8.39. The lowest BCUT2D eigenvalue weighted by atomic mass is 9.62. The number of rotatable bonds is 2. The summed E-state index contributed by atoms with van der Waals surface area (Å²) in [6.45, 7) is 6.09. The number of halogens is 6. The highest BCUT2D eigenvalue weighted by Crippen LogP contribution is 2.58. The molecule has 2 aliphatic rings. The molecular weight excluding hydrogens is 446 g/mol. The minimum Gasteiger partial charge on any atom is -0.463 e. The average molecular weight is 470 g/mol. The van der Waals surface area contributed by atoms with Gasteiger partial charge in [-0.25, -0.2) is 4.79 Å². The Kier molecular flexibility index (Phi) is 6.88. The highest BCUT2D eigenvalue weighted by molar-refractivity contribution is 5.84. The third-order valence-corrected chi connectivity index (χ3v) is 5.70. The van der Waals surface area contributed by atoms with Crippen LogP contribution in [-0.2, 0) is 19.0 Å². The molecule has 1 fully saturated rings. The van der Waals surface area contributed by atoms with Crippen LogP contribution in [0.2, 0.25) is 0 Å². The van der Waals surface area contributed by atoms with Crippen LogP contribution in [0.3, 0.4) is 0 Å². The molecule has 0 aromatic rings. The van der Waals surface area contributed by atoms with Gasteiger partial charge in [-0.15, -0.1) is 0 Å². The van der Waals surface area contributed by atoms with Crippen LogP contribution in [0.4, 0.5) is 26.3 Å². The predicted molar refractivity (Wildman–Crippen MR) is 99.9 cm³/mol. The van der Waals surface area contributed by atoms with Gasteiger partial charge in [-0.1, -0.05) is 11.8 Å². The Morgan fingerprint density at radius 1 is 1.25 bits per heavy atom. The summed E-state index contributed by atoms with van der Waals surface area (Å²) in [6, 6.07) is 0. The Morgan fingerprint density at radius 3 is 2.22 bits per heavy atom. The first-order chi connectivity index (χ1) is 14.4. The molecule has 0 radical (unpaired) electrons. The van der Waals surface area contributed by atoms with Crippen molar-refractivity contribution in [3.05, 3.63) is 23.3 Å². The highest BCUT2D eigenvalue weighted by atomic mass is 19.4. The number of alkyl halides is 6. The number of hydrogen-bond acceptors (Lipinski definition) is 5. The molecule has 4 unspecified atom stereocenters. The normalized spacial score (nSPS) is 35.9. The molecule has 32 heavy (non-hydrogen) atoms. The molecule has 1 heterocycles. The molecule has 180 valence electrons. The third kappa shape index (κ3) is 4.67. The van der Waals surface area contributed by atoms with Gasteiger partial charge in [-0.3, -0.25) is 0 Å². The lowest BCUT2D eigenvalue weighted by Gasteiger charge is -2.50. The lowest BCUT2D eigenvalue weighted by Crippen LogP contribution is -2.61. The topological polar surface area (TPSA) is 65.0 Å². The number of hydrogen-bond donors (Lipinski definition) is 1. The molecule has 0 amide bonds. The summed E-state index contributed by atoms with van der Waals surface area (Å²) >= 11 is 0. The molecule has 0 aromatic carbocycles. The maximum Gasteiger partial charge on any atom is 0.424 e. The summed E-state index contributed by atoms with van der Waals surface area (Å²) in [5.74, 6) is 0.0694. The predicted octanol–water partition coefficient (Wildman–Crippen LogP) is 4.21. The van der Waals surface area contributed by atoms with Crippen molar-refractivity contribution in [3.8, 4) is 11.8 Å². The molecule has 1 aliphatic heterocycles. The zero-order valence-corrected chi connectivity index (χ0v) is 18.1. The van der Waals surface area contributed by atoms with Gasteiger partial charge in [0, 0.05) is 12.5 Å². The zero-order valence-electron chi connectivity index (χ0n) is 18.1. The van der Waals surface area contributed by atoms with E-state index in [1.807, 2.05) is 0 Å². The van der Waals surface area contributed by atoms with E-state index in [9.17, 15) is 36.2 Å². The van der Waals surface area contributed by atoms with Gasteiger partial charge in [0.05, 0.1) is 18.8 Å². The second-order valence-electron chi connectivity index (χ2n) is 8.06. The van der Waals surface area contributed by atoms with Crippen LogP contribution in [0.1, 0.15) is 41.0 Å². The zero-order chi connectivity index (χ0) is 24.8. The van der Waals surface area contributed by atoms with Crippen molar-refractivity contribution >= 4 is 5.97 Å². The summed E-state index contributed by atoms with van der Waals surface area (Å²) in [4.78, 5) is 11.5. The summed E-state index contributed by atoms with van der Waals surface area (Å²) in [5, 5.41) is 11.0. The van der Waals surface area contributed by atoms with E-state index in [0.717, 1.165) is 13.0 Å². The van der Waals surface area contributed by atoms with Crippen LogP contribution < -0.4 is 0 Å². The third-order valence-electron chi connectivity index (χ3n) is 5.70. The van der Waals surface area contributed by atoms with Crippen LogP contribution in [0.15, 0.2) is 23.3 Å². The van der Waals surface area contributed by atoms with Crippen molar-refractivity contribution in [1.29, 1.82) is 0 Å². The number of allylic oxidation sites excluding steroid dienone is 1. The van der Waals surface area contributed by atoms with Gasteiger partial charge in [-0.05, 0) is 46.3 Å². The van der Waals surface area contributed by atoms with Crippen molar-refractivity contribution < 1.29 is 50.5 Å². The molecule has 11 heteroatoms. The van der Waals surface area contributed by atoms with Crippen molar-refractivity contribution in [2.24, 2.45) is 5.41 Å². The summed E-state index contributed by atoms with van der Waals surface area (Å²) in [7, 11) is 0. The SMILES string of the molecule is CCOC(=O)/C=C(\C#CC1(O)C(C)=CC2(CC1(C)C(F)(F)F)OC(C)C(C)O2)C(F)(F)F. The van der Waals surface area contributed by atoms with Gasteiger partial charge in [0.1, 0.15) is 11.0 Å². The first-order valence-electron chi connectivity index (χ1n) is 9.74. The highest BCUT2D eigenvalue weighted by Gasteiger charge is 2.69. The van der Waals surface area contributed by atoms with Crippen molar-refractivity contribution in [1.82, 2.24) is 0 Å². The van der Waals surface area contributed by atoms with Crippen molar-refractivity contribution in [2.45, 2.75) is 77.0 Å². The molecule has 1 aliphatic carbocycles. The van der Waals surface area contributed by atoms with E-state index in [4.69, 9.17) is 9.47 Å². The maximum absolute atomic E-state index is 14.2. The molecule has 0 aromatic heterocycles. The smallest absolute Gasteiger partial charge is 0.424 e. The number of ether oxygens (including phenoxy) is 3. The van der Waals surface area contributed by atoms with Crippen LogP contribution >= 0.6 is 0 Å². The van der Waals surface area contributed by atoms with E-state index in [-0.39, 0.29) is 12.7 Å². The molecule has 1 N–H and O–H groups in total. The lowest BCUT2D eigenvalue weighted by molar-refractivity contribution is -0.294. The second-order valence-corrected chi connectivity index (χ2v) is 8.06. The fourth-order valence-corrected chi connectivity index (χ4v) is 3.73. The number of aliphatic hydroxyl groups is 1. The van der Waals surface area contributed by atoms with Crippen LogP contribution in [-0.4, -0.2) is 53.6 Å². The first kappa shape index (κ1) is 26.2. The molecular formula is C21H24F6O5. The molecule has 0 bridgehead atoms.